The van der Waals surface area contributed by atoms with Gasteiger partial charge in [0.25, 0.3) is 0 Å². The minimum Gasteiger partial charge on any atom is -0.118 e. The van der Waals surface area contributed by atoms with E-state index in [9.17, 15) is 0 Å². The van der Waals surface area contributed by atoms with Crippen molar-refractivity contribution in [3.8, 4) is 0 Å². The fourth-order valence-corrected chi connectivity index (χ4v) is 1.70. The molecule has 0 saturated heterocycles. The van der Waals surface area contributed by atoms with Gasteiger partial charge in [-0.15, -0.1) is 11.6 Å². The molecule has 1 aromatic carbocycles. The van der Waals surface area contributed by atoms with Gasteiger partial charge in [0.2, 0.25) is 0 Å². The van der Waals surface area contributed by atoms with Gasteiger partial charge < -0.3 is 0 Å². The van der Waals surface area contributed by atoms with E-state index in [0.717, 1.165) is 0 Å². The topological polar surface area (TPSA) is 0 Å². The summed E-state index contributed by atoms with van der Waals surface area (Å²) in [4.78, 5) is 0. The molecule has 1 aromatic rings. The number of alkyl halides is 1. The molecule has 0 saturated carbocycles. The predicted octanol–water partition coefficient (Wildman–Crippen LogP) is 4.92. The zero-order valence-electron chi connectivity index (χ0n) is 10.3. The second-order valence-corrected chi connectivity index (χ2v) is 5.99. The van der Waals surface area contributed by atoms with Crippen molar-refractivity contribution in [1.29, 1.82) is 0 Å². The fraction of sp³-hybridized carbons (Fsp3) is 0.571. The Labute approximate surface area is 98.7 Å². The van der Waals surface area contributed by atoms with Crippen molar-refractivity contribution in [2.75, 3.05) is 0 Å². The minimum atomic E-state index is 0.124. The Morgan fingerprint density at radius 2 is 1.47 bits per heavy atom. The summed E-state index contributed by atoms with van der Waals surface area (Å²) in [6.07, 6.45) is 0. The molecule has 0 aliphatic rings. The summed E-state index contributed by atoms with van der Waals surface area (Å²) in [5, 5.41) is 0.124. The van der Waals surface area contributed by atoms with E-state index >= 15 is 0 Å². The molecular weight excluding hydrogens is 204 g/mol. The lowest BCUT2D eigenvalue weighted by molar-refractivity contribution is 0.588. The number of rotatable bonds is 2. The van der Waals surface area contributed by atoms with Gasteiger partial charge in [-0.25, -0.2) is 0 Å². The zero-order valence-corrected chi connectivity index (χ0v) is 11.1. The lowest BCUT2D eigenvalue weighted by atomic mass is 9.86. The van der Waals surface area contributed by atoms with Gasteiger partial charge in [-0.2, -0.15) is 0 Å². The molecule has 84 valence electrons. The second kappa shape index (κ2) is 4.57. The molecule has 0 N–H and O–H groups in total. The van der Waals surface area contributed by atoms with Crippen molar-refractivity contribution in [2.24, 2.45) is 5.92 Å². The highest BCUT2D eigenvalue weighted by atomic mass is 35.5. The Balaban J connectivity index is 2.91. The van der Waals surface area contributed by atoms with Crippen molar-refractivity contribution in [1.82, 2.24) is 0 Å². The molecule has 0 radical (unpaired) electrons. The molecule has 0 aliphatic heterocycles. The van der Waals surface area contributed by atoms with Crippen LogP contribution in [0.1, 0.15) is 51.1 Å². The van der Waals surface area contributed by atoms with E-state index < -0.39 is 0 Å². The molecule has 0 spiro atoms. The lowest BCUT2D eigenvalue weighted by Gasteiger charge is -2.20. The maximum Gasteiger partial charge on any atom is 0.0608 e. The van der Waals surface area contributed by atoms with Gasteiger partial charge in [-0.05, 0) is 22.5 Å². The molecular formula is C14H21Cl. The van der Waals surface area contributed by atoms with Gasteiger partial charge in [0.05, 0.1) is 5.38 Å². The average Bonchev–Trinajstić information content (AvgIpc) is 2.15. The first-order valence-electron chi connectivity index (χ1n) is 5.57. The quantitative estimate of drug-likeness (QED) is 0.626. The Kier molecular flexibility index (Phi) is 3.83. The summed E-state index contributed by atoms with van der Waals surface area (Å²) < 4.78 is 0. The van der Waals surface area contributed by atoms with E-state index in [0.29, 0.717) is 5.92 Å². The highest BCUT2D eigenvalue weighted by Gasteiger charge is 2.15. The van der Waals surface area contributed by atoms with E-state index in [1.807, 2.05) is 0 Å². The van der Waals surface area contributed by atoms with Crippen molar-refractivity contribution in [3.05, 3.63) is 35.4 Å². The molecule has 0 bridgehead atoms. The molecule has 1 atom stereocenters. The smallest absolute Gasteiger partial charge is 0.0608 e. The highest BCUT2D eigenvalue weighted by Crippen LogP contribution is 2.30. The molecule has 1 rings (SSSR count). The fourth-order valence-electron chi connectivity index (χ4n) is 1.55. The van der Waals surface area contributed by atoms with E-state index in [2.05, 4.69) is 58.9 Å². The normalized spacial score (nSPS) is 14.3. The number of hydrogen-bond donors (Lipinski definition) is 0. The van der Waals surface area contributed by atoms with Gasteiger partial charge in [-0.1, -0.05) is 58.9 Å². The first kappa shape index (κ1) is 12.6. The SMILES string of the molecule is CC(C)C(Cl)c1ccc(C(C)(C)C)cc1. The molecule has 0 aliphatic carbocycles. The first-order valence-corrected chi connectivity index (χ1v) is 6.00. The molecule has 0 amide bonds. The van der Waals surface area contributed by atoms with Gasteiger partial charge in [0.15, 0.2) is 0 Å². The van der Waals surface area contributed by atoms with Crippen LogP contribution < -0.4 is 0 Å². The molecule has 0 fully saturated rings. The maximum atomic E-state index is 6.31. The molecule has 15 heavy (non-hydrogen) atoms. The Bertz CT molecular complexity index is 303. The van der Waals surface area contributed by atoms with E-state index in [-0.39, 0.29) is 10.8 Å². The lowest BCUT2D eigenvalue weighted by Crippen LogP contribution is -2.11. The van der Waals surface area contributed by atoms with Gasteiger partial charge in [0.1, 0.15) is 0 Å². The molecule has 0 heterocycles. The van der Waals surface area contributed by atoms with Crippen LogP contribution in [0, 0.1) is 5.92 Å². The van der Waals surface area contributed by atoms with Crippen molar-refractivity contribution in [2.45, 2.75) is 45.4 Å². The minimum absolute atomic E-state index is 0.124. The average molecular weight is 225 g/mol. The third kappa shape index (κ3) is 3.24. The molecule has 1 unspecified atom stereocenters. The molecule has 1 heteroatoms. The third-order valence-electron chi connectivity index (χ3n) is 2.68. The van der Waals surface area contributed by atoms with Crippen LogP contribution in [-0.4, -0.2) is 0 Å². The van der Waals surface area contributed by atoms with Crippen molar-refractivity contribution in [3.63, 3.8) is 0 Å². The van der Waals surface area contributed by atoms with Gasteiger partial charge >= 0.3 is 0 Å². The largest absolute Gasteiger partial charge is 0.118 e. The number of benzene rings is 1. The molecule has 0 nitrogen and oxygen atoms in total. The summed E-state index contributed by atoms with van der Waals surface area (Å²) >= 11 is 6.31. The van der Waals surface area contributed by atoms with Crippen molar-refractivity contribution >= 4 is 11.6 Å². The Morgan fingerprint density at radius 1 is 1.00 bits per heavy atom. The predicted molar refractivity (Wildman–Crippen MR) is 68.6 cm³/mol. The summed E-state index contributed by atoms with van der Waals surface area (Å²) in [7, 11) is 0. The summed E-state index contributed by atoms with van der Waals surface area (Å²) in [6, 6.07) is 8.68. The Morgan fingerprint density at radius 3 is 1.80 bits per heavy atom. The van der Waals surface area contributed by atoms with Gasteiger partial charge in [-0.3, -0.25) is 0 Å². The standard InChI is InChI=1S/C14H21Cl/c1-10(2)13(15)11-6-8-12(9-7-11)14(3,4)5/h6-10,13H,1-5H3. The summed E-state index contributed by atoms with van der Waals surface area (Å²) in [5.41, 5.74) is 2.80. The van der Waals surface area contributed by atoms with E-state index in [1.165, 1.54) is 11.1 Å². The van der Waals surface area contributed by atoms with Gasteiger partial charge in [0, 0.05) is 0 Å². The highest BCUT2D eigenvalue weighted by molar-refractivity contribution is 6.20. The number of hydrogen-bond acceptors (Lipinski definition) is 0. The summed E-state index contributed by atoms with van der Waals surface area (Å²) in [6.45, 7) is 11.0. The number of halogens is 1. The van der Waals surface area contributed by atoms with Crippen LogP contribution in [0.5, 0.6) is 0 Å². The van der Waals surface area contributed by atoms with Crippen molar-refractivity contribution < 1.29 is 0 Å². The maximum absolute atomic E-state index is 6.31. The van der Waals surface area contributed by atoms with Crippen LogP contribution in [0.15, 0.2) is 24.3 Å². The zero-order chi connectivity index (χ0) is 11.6. The van der Waals surface area contributed by atoms with E-state index in [4.69, 9.17) is 11.6 Å². The summed E-state index contributed by atoms with van der Waals surface area (Å²) in [5.74, 6) is 0.479. The second-order valence-electron chi connectivity index (χ2n) is 5.52. The monoisotopic (exact) mass is 224 g/mol. The third-order valence-corrected chi connectivity index (χ3v) is 3.44. The van der Waals surface area contributed by atoms with Crippen LogP contribution in [-0.2, 0) is 5.41 Å². The van der Waals surface area contributed by atoms with E-state index in [1.54, 1.807) is 0 Å². The Hall–Kier alpha value is -0.490. The van der Waals surface area contributed by atoms with Crippen LogP contribution in [0.4, 0.5) is 0 Å². The first-order chi connectivity index (χ1) is 6.82. The van der Waals surface area contributed by atoms with Crippen LogP contribution in [0.2, 0.25) is 0 Å². The van der Waals surface area contributed by atoms with Crippen LogP contribution in [0.25, 0.3) is 0 Å². The van der Waals surface area contributed by atoms with Crippen LogP contribution >= 0.6 is 11.6 Å². The molecule has 0 aromatic heterocycles. The van der Waals surface area contributed by atoms with Crippen LogP contribution in [0.3, 0.4) is 0 Å².